The van der Waals surface area contributed by atoms with E-state index >= 15 is 0 Å². The molecule has 2 aliphatic carbocycles. The van der Waals surface area contributed by atoms with Gasteiger partial charge in [-0.25, -0.2) is 5.43 Å². The smallest absolute Gasteiger partial charge is 0.244 e. The van der Waals surface area contributed by atoms with Gasteiger partial charge < -0.3 is 9.84 Å². The number of ether oxygens (including phenoxy) is 1. The van der Waals surface area contributed by atoms with Gasteiger partial charge in [0.15, 0.2) is 11.5 Å². The normalized spacial score (nSPS) is 29.9. The Morgan fingerprint density at radius 1 is 1.50 bits per heavy atom. The van der Waals surface area contributed by atoms with Gasteiger partial charge in [0.25, 0.3) is 0 Å². The highest BCUT2D eigenvalue weighted by Gasteiger charge is 2.64. The summed E-state index contributed by atoms with van der Waals surface area (Å²) in [6.45, 7) is 2.22. The molecule has 118 valence electrons. The van der Waals surface area contributed by atoms with Crippen LogP contribution in [0.1, 0.15) is 38.2 Å². The zero-order valence-electron chi connectivity index (χ0n) is 13.0. The van der Waals surface area contributed by atoms with E-state index in [2.05, 4.69) is 17.5 Å². The van der Waals surface area contributed by atoms with Gasteiger partial charge >= 0.3 is 0 Å². The average molecular weight is 302 g/mol. The Balaban J connectivity index is 1.59. The minimum Gasteiger partial charge on any atom is -0.504 e. The first-order valence-corrected chi connectivity index (χ1v) is 7.76. The quantitative estimate of drug-likeness (QED) is 0.663. The fourth-order valence-corrected chi connectivity index (χ4v) is 3.86. The van der Waals surface area contributed by atoms with E-state index < -0.39 is 0 Å². The molecule has 3 rings (SSSR count). The van der Waals surface area contributed by atoms with Crippen LogP contribution in [0.3, 0.4) is 0 Å². The molecule has 5 heteroatoms. The molecule has 0 unspecified atom stereocenters. The summed E-state index contributed by atoms with van der Waals surface area (Å²) in [6, 6.07) is 4.92. The Morgan fingerprint density at radius 3 is 3.00 bits per heavy atom. The molecule has 2 fully saturated rings. The molecule has 2 aliphatic rings. The second-order valence-electron chi connectivity index (χ2n) is 6.50. The summed E-state index contributed by atoms with van der Waals surface area (Å²) in [4.78, 5) is 12.3. The molecule has 2 N–H and O–H groups in total. The molecule has 22 heavy (non-hydrogen) atoms. The van der Waals surface area contributed by atoms with Crippen LogP contribution in [-0.2, 0) is 4.79 Å². The van der Waals surface area contributed by atoms with Crippen LogP contribution in [0.4, 0.5) is 0 Å². The number of nitrogens with one attached hydrogen (secondary N) is 1. The lowest BCUT2D eigenvalue weighted by molar-refractivity contribution is -0.123. The molecule has 0 aromatic heterocycles. The summed E-state index contributed by atoms with van der Waals surface area (Å²) in [5.41, 5.74) is 3.61. The van der Waals surface area contributed by atoms with Crippen molar-refractivity contribution in [2.24, 2.45) is 22.4 Å². The van der Waals surface area contributed by atoms with Gasteiger partial charge in [0, 0.05) is 5.92 Å². The Bertz CT molecular complexity index is 614. The third-order valence-electron chi connectivity index (χ3n) is 5.21. The summed E-state index contributed by atoms with van der Waals surface area (Å²) in [7, 11) is 1.49. The Labute approximate surface area is 130 Å². The molecule has 0 bridgehead atoms. The number of carbonyl (C=O) groups excluding carboxylic acids is 1. The topological polar surface area (TPSA) is 70.9 Å². The van der Waals surface area contributed by atoms with Gasteiger partial charge in [0.05, 0.1) is 13.3 Å². The number of rotatable bonds is 4. The lowest BCUT2D eigenvalue weighted by Crippen LogP contribution is -2.22. The van der Waals surface area contributed by atoms with Gasteiger partial charge in [-0.3, -0.25) is 4.79 Å². The van der Waals surface area contributed by atoms with Gasteiger partial charge in [-0.15, -0.1) is 0 Å². The largest absolute Gasteiger partial charge is 0.504 e. The maximum Gasteiger partial charge on any atom is 0.244 e. The summed E-state index contributed by atoms with van der Waals surface area (Å²) < 4.78 is 5.04. The molecule has 0 radical (unpaired) electrons. The number of fused-ring (bicyclic) bond motifs is 1. The summed E-state index contributed by atoms with van der Waals surface area (Å²) in [6.07, 6.45) is 6.34. The summed E-state index contributed by atoms with van der Waals surface area (Å²) >= 11 is 0. The van der Waals surface area contributed by atoms with Crippen molar-refractivity contribution in [3.8, 4) is 11.5 Å². The highest BCUT2D eigenvalue weighted by atomic mass is 16.5. The van der Waals surface area contributed by atoms with Crippen LogP contribution in [0.25, 0.3) is 0 Å². The van der Waals surface area contributed by atoms with Gasteiger partial charge in [-0.2, -0.15) is 5.10 Å². The number of phenolic OH excluding ortho intramolecular Hbond substituents is 1. The van der Waals surface area contributed by atoms with Crippen LogP contribution in [0.15, 0.2) is 23.3 Å². The number of hydrogen-bond donors (Lipinski definition) is 2. The standard InChI is InChI=1S/C17H22N2O3/c1-17-8-4-3-5-12(17)15(17)16(21)19-18-10-11-6-7-13(20)14(9-11)22-2/h6-7,9-10,12,15,20H,3-5,8H2,1-2H3,(H,19,21)/b18-10+/t12-,15-,17-/m0/s1. The van der Waals surface area contributed by atoms with Gasteiger partial charge in [0.2, 0.25) is 5.91 Å². The third-order valence-corrected chi connectivity index (χ3v) is 5.21. The number of amides is 1. The monoisotopic (exact) mass is 302 g/mol. The van der Waals surface area contributed by atoms with Gasteiger partial charge in [-0.05, 0) is 47.9 Å². The highest BCUT2D eigenvalue weighted by Crippen LogP contribution is 2.66. The molecule has 0 saturated heterocycles. The number of benzene rings is 1. The van der Waals surface area contributed by atoms with Crippen LogP contribution in [-0.4, -0.2) is 24.3 Å². The number of phenols is 1. The lowest BCUT2D eigenvalue weighted by Gasteiger charge is -2.15. The van der Waals surface area contributed by atoms with Gasteiger partial charge in [-0.1, -0.05) is 19.8 Å². The van der Waals surface area contributed by atoms with E-state index in [1.807, 2.05) is 0 Å². The van der Waals surface area contributed by atoms with E-state index in [4.69, 9.17) is 4.74 Å². The number of hydrogen-bond acceptors (Lipinski definition) is 4. The fourth-order valence-electron chi connectivity index (χ4n) is 3.86. The van der Waals surface area contributed by atoms with Crippen molar-refractivity contribution in [1.82, 2.24) is 5.43 Å². The van der Waals surface area contributed by atoms with Crippen molar-refractivity contribution in [3.05, 3.63) is 23.8 Å². The second kappa shape index (κ2) is 5.63. The van der Waals surface area contributed by atoms with Crippen molar-refractivity contribution in [3.63, 3.8) is 0 Å². The van der Waals surface area contributed by atoms with Crippen LogP contribution in [0.2, 0.25) is 0 Å². The maximum absolute atomic E-state index is 12.3. The van der Waals surface area contributed by atoms with Gasteiger partial charge in [0.1, 0.15) is 0 Å². The number of methoxy groups -OCH3 is 1. The average Bonchev–Trinajstić information content (AvgIpc) is 3.14. The van der Waals surface area contributed by atoms with Crippen LogP contribution in [0.5, 0.6) is 11.5 Å². The van der Waals surface area contributed by atoms with Crippen molar-refractivity contribution < 1.29 is 14.6 Å². The van der Waals surface area contributed by atoms with E-state index in [-0.39, 0.29) is 23.0 Å². The zero-order chi connectivity index (χ0) is 15.7. The minimum absolute atomic E-state index is 0.0244. The zero-order valence-corrected chi connectivity index (χ0v) is 13.0. The molecule has 0 spiro atoms. The molecule has 5 nitrogen and oxygen atoms in total. The van der Waals surface area contributed by atoms with E-state index in [0.29, 0.717) is 11.7 Å². The predicted octanol–water partition coefficient (Wildman–Crippen LogP) is 2.68. The van der Waals surface area contributed by atoms with E-state index in [9.17, 15) is 9.90 Å². The number of carbonyl (C=O) groups is 1. The van der Waals surface area contributed by atoms with Crippen molar-refractivity contribution in [2.45, 2.75) is 32.6 Å². The summed E-state index contributed by atoms with van der Waals surface area (Å²) in [5, 5.41) is 13.6. The molecule has 1 aromatic rings. The molecule has 1 amide bonds. The first-order chi connectivity index (χ1) is 10.6. The van der Waals surface area contributed by atoms with Crippen LogP contribution < -0.4 is 10.2 Å². The maximum atomic E-state index is 12.3. The highest BCUT2D eigenvalue weighted by molar-refractivity contribution is 5.86. The van der Waals surface area contributed by atoms with Crippen LogP contribution >= 0.6 is 0 Å². The van der Waals surface area contributed by atoms with Crippen molar-refractivity contribution >= 4 is 12.1 Å². The van der Waals surface area contributed by atoms with E-state index in [1.165, 1.54) is 20.0 Å². The lowest BCUT2D eigenvalue weighted by atomic mass is 9.90. The van der Waals surface area contributed by atoms with Crippen LogP contribution in [0, 0.1) is 17.3 Å². The molecular weight excluding hydrogens is 280 g/mol. The van der Waals surface area contributed by atoms with E-state index in [0.717, 1.165) is 18.4 Å². The van der Waals surface area contributed by atoms with E-state index in [1.54, 1.807) is 24.4 Å². The predicted molar refractivity (Wildman–Crippen MR) is 84.0 cm³/mol. The Kier molecular flexibility index (Phi) is 3.81. The van der Waals surface area contributed by atoms with Crippen molar-refractivity contribution in [2.75, 3.05) is 7.11 Å². The second-order valence-corrected chi connectivity index (χ2v) is 6.50. The SMILES string of the molecule is COc1cc(/C=N/NC(=O)[C@@H]2[C@@H]3CCCC[C@]23C)ccc1O. The number of hydrazone groups is 1. The fraction of sp³-hybridized carbons (Fsp3) is 0.529. The first kappa shape index (κ1) is 14.9. The Hall–Kier alpha value is -2.04. The summed E-state index contributed by atoms with van der Waals surface area (Å²) in [5.74, 6) is 1.14. The molecular formula is C17H22N2O3. The first-order valence-electron chi connectivity index (χ1n) is 7.76. The molecule has 1 aromatic carbocycles. The number of nitrogens with zero attached hydrogens (tertiary/aromatic N) is 1. The third kappa shape index (κ3) is 2.56. The number of aromatic hydroxyl groups is 1. The molecule has 0 aliphatic heterocycles. The van der Waals surface area contributed by atoms with Crippen molar-refractivity contribution in [1.29, 1.82) is 0 Å². The molecule has 0 heterocycles. The molecule has 2 saturated carbocycles. The molecule has 3 atom stereocenters. The minimum atomic E-state index is 0.0244. The Morgan fingerprint density at radius 2 is 2.32 bits per heavy atom.